The van der Waals surface area contributed by atoms with Crippen LogP contribution in [-0.2, 0) is 14.3 Å². The third-order valence-corrected chi connectivity index (χ3v) is 13.1. The van der Waals surface area contributed by atoms with Gasteiger partial charge in [-0.25, -0.2) is 0 Å². The van der Waals surface area contributed by atoms with Crippen LogP contribution in [0, 0.1) is 0 Å². The van der Waals surface area contributed by atoms with E-state index < -0.39 is 18.2 Å². The van der Waals surface area contributed by atoms with Gasteiger partial charge in [-0.2, -0.15) is 0 Å². The number of rotatable bonds is 51. The van der Waals surface area contributed by atoms with E-state index in [2.05, 4.69) is 38.2 Å². The second-order valence-corrected chi connectivity index (χ2v) is 19.3. The van der Waals surface area contributed by atoms with Crippen LogP contribution in [0.5, 0.6) is 0 Å². The Morgan fingerprint density at radius 2 is 0.790 bits per heavy atom. The Morgan fingerprint density at radius 1 is 0.452 bits per heavy atom. The van der Waals surface area contributed by atoms with Crippen molar-refractivity contribution in [3.05, 3.63) is 12.2 Å². The zero-order valence-electron chi connectivity index (χ0n) is 42.0. The SMILES string of the molecule is CCCCCCCCC/C=C\CCCC(CC(=O)NC(CO)C(O)CCCCCCCCCCCCCCCCC)OC(=O)CCCCCCCCCCCCCCCCCC. The van der Waals surface area contributed by atoms with Crippen LogP contribution in [0.1, 0.15) is 310 Å². The quantitative estimate of drug-likeness (QED) is 0.0321. The first kappa shape index (κ1) is 60.6. The molecule has 0 fully saturated rings. The number of ether oxygens (including phenoxy) is 1. The van der Waals surface area contributed by atoms with Crippen LogP contribution < -0.4 is 5.32 Å². The zero-order chi connectivity index (χ0) is 45.2. The van der Waals surface area contributed by atoms with Crippen molar-refractivity contribution >= 4 is 11.9 Å². The van der Waals surface area contributed by atoms with Crippen molar-refractivity contribution in [3.63, 3.8) is 0 Å². The molecule has 0 aromatic rings. The summed E-state index contributed by atoms with van der Waals surface area (Å²) >= 11 is 0. The maximum atomic E-state index is 13.2. The fourth-order valence-corrected chi connectivity index (χ4v) is 8.85. The monoisotopic (exact) mass is 876 g/mol. The van der Waals surface area contributed by atoms with Gasteiger partial charge in [-0.05, 0) is 44.9 Å². The third-order valence-electron chi connectivity index (χ3n) is 13.1. The molecule has 0 bridgehead atoms. The molecule has 0 aliphatic heterocycles. The lowest BCUT2D eigenvalue weighted by molar-refractivity contribution is -0.151. The van der Waals surface area contributed by atoms with Gasteiger partial charge in [0.15, 0.2) is 0 Å². The molecule has 62 heavy (non-hydrogen) atoms. The average Bonchev–Trinajstić information content (AvgIpc) is 3.26. The van der Waals surface area contributed by atoms with E-state index in [0.717, 1.165) is 51.4 Å². The van der Waals surface area contributed by atoms with Gasteiger partial charge in [0.1, 0.15) is 6.10 Å². The van der Waals surface area contributed by atoms with Crippen LogP contribution in [0.3, 0.4) is 0 Å². The molecule has 0 rings (SSSR count). The van der Waals surface area contributed by atoms with Crippen molar-refractivity contribution < 1.29 is 24.5 Å². The number of aliphatic hydroxyl groups excluding tert-OH is 2. The van der Waals surface area contributed by atoms with Crippen LogP contribution in [-0.4, -0.2) is 46.9 Å². The van der Waals surface area contributed by atoms with Crippen LogP contribution in [0.2, 0.25) is 0 Å². The topological polar surface area (TPSA) is 95.9 Å². The summed E-state index contributed by atoms with van der Waals surface area (Å²) in [6, 6.07) is -0.704. The Morgan fingerprint density at radius 3 is 1.18 bits per heavy atom. The second-order valence-electron chi connectivity index (χ2n) is 19.3. The largest absolute Gasteiger partial charge is 0.462 e. The predicted molar refractivity (Wildman–Crippen MR) is 269 cm³/mol. The fraction of sp³-hybridized carbons (Fsp3) is 0.929. The van der Waals surface area contributed by atoms with E-state index in [9.17, 15) is 19.8 Å². The molecule has 0 aliphatic rings. The van der Waals surface area contributed by atoms with E-state index in [1.165, 1.54) is 212 Å². The Hall–Kier alpha value is -1.40. The summed E-state index contributed by atoms with van der Waals surface area (Å²) in [4.78, 5) is 26.2. The van der Waals surface area contributed by atoms with Crippen molar-refractivity contribution in [2.75, 3.05) is 6.61 Å². The fourth-order valence-electron chi connectivity index (χ4n) is 8.85. The number of unbranched alkanes of at least 4 members (excludes halogenated alkanes) is 37. The summed E-state index contributed by atoms with van der Waals surface area (Å²) in [6.45, 7) is 6.51. The predicted octanol–water partition coefficient (Wildman–Crippen LogP) is 16.9. The summed E-state index contributed by atoms with van der Waals surface area (Å²) in [5, 5.41) is 23.8. The molecule has 3 atom stereocenters. The molecule has 0 aromatic heterocycles. The van der Waals surface area contributed by atoms with Gasteiger partial charge >= 0.3 is 5.97 Å². The highest BCUT2D eigenvalue weighted by molar-refractivity contribution is 5.77. The molecule has 1 amide bonds. The number of allylic oxidation sites excluding steroid dienone is 2. The van der Waals surface area contributed by atoms with E-state index in [0.29, 0.717) is 19.3 Å². The molecule has 0 spiro atoms. The number of aliphatic hydroxyl groups is 2. The number of amides is 1. The Kier molecular flexibility index (Phi) is 49.5. The maximum Gasteiger partial charge on any atom is 0.306 e. The minimum absolute atomic E-state index is 0.0641. The molecule has 0 saturated carbocycles. The standard InChI is InChI=1S/C56H109NO5/c1-4-7-10-13-16-19-22-25-27-29-31-34-37-40-43-46-49-56(61)62-52(47-44-41-38-35-32-24-21-18-15-12-9-6-3)50-55(60)57-53(51-58)54(59)48-45-42-39-36-33-30-28-26-23-20-17-14-11-8-5-2/h35,38,52-54,58-59H,4-34,36-37,39-51H2,1-3H3,(H,57,60)/b38-35-. The summed E-state index contributed by atoms with van der Waals surface area (Å²) in [7, 11) is 0. The van der Waals surface area contributed by atoms with Crippen molar-refractivity contribution in [1.82, 2.24) is 5.32 Å². The number of esters is 1. The van der Waals surface area contributed by atoms with Crippen molar-refractivity contribution in [3.8, 4) is 0 Å². The van der Waals surface area contributed by atoms with Crippen LogP contribution in [0.4, 0.5) is 0 Å². The molecule has 6 nitrogen and oxygen atoms in total. The van der Waals surface area contributed by atoms with Crippen LogP contribution in [0.15, 0.2) is 12.2 Å². The highest BCUT2D eigenvalue weighted by Crippen LogP contribution is 2.18. The van der Waals surface area contributed by atoms with E-state index >= 15 is 0 Å². The number of hydrogen-bond acceptors (Lipinski definition) is 5. The number of hydrogen-bond donors (Lipinski definition) is 3. The summed E-state index contributed by atoms with van der Waals surface area (Å²) in [5.74, 6) is -0.483. The minimum Gasteiger partial charge on any atom is -0.462 e. The van der Waals surface area contributed by atoms with Crippen molar-refractivity contribution in [2.24, 2.45) is 0 Å². The van der Waals surface area contributed by atoms with Gasteiger partial charge < -0.3 is 20.3 Å². The van der Waals surface area contributed by atoms with Gasteiger partial charge in [-0.3, -0.25) is 9.59 Å². The molecule has 3 unspecified atom stereocenters. The molecular formula is C56H109NO5. The van der Waals surface area contributed by atoms with Gasteiger partial charge in [-0.15, -0.1) is 0 Å². The number of carbonyl (C=O) groups is 2. The van der Waals surface area contributed by atoms with Gasteiger partial charge in [0.25, 0.3) is 0 Å². The number of nitrogens with one attached hydrogen (secondary N) is 1. The summed E-state index contributed by atoms with van der Waals surface area (Å²) in [6.07, 6.45) is 57.1. The lowest BCUT2D eigenvalue weighted by Crippen LogP contribution is -2.46. The summed E-state index contributed by atoms with van der Waals surface area (Å²) < 4.78 is 5.93. The minimum atomic E-state index is -0.789. The molecular weight excluding hydrogens is 767 g/mol. The zero-order valence-corrected chi connectivity index (χ0v) is 42.0. The third kappa shape index (κ3) is 45.2. The first-order valence-electron chi connectivity index (χ1n) is 27.9. The summed E-state index contributed by atoms with van der Waals surface area (Å²) in [5.41, 5.74) is 0. The molecule has 0 heterocycles. The van der Waals surface area contributed by atoms with Crippen molar-refractivity contribution in [2.45, 2.75) is 328 Å². The van der Waals surface area contributed by atoms with Crippen molar-refractivity contribution in [1.29, 1.82) is 0 Å². The van der Waals surface area contributed by atoms with E-state index in [1.807, 2.05) is 0 Å². The normalized spacial score (nSPS) is 13.2. The van der Waals surface area contributed by atoms with Gasteiger partial charge in [0, 0.05) is 6.42 Å². The van der Waals surface area contributed by atoms with Crippen LogP contribution in [0.25, 0.3) is 0 Å². The molecule has 0 radical (unpaired) electrons. The molecule has 0 aliphatic carbocycles. The molecule has 0 saturated heterocycles. The van der Waals surface area contributed by atoms with Crippen LogP contribution >= 0.6 is 0 Å². The molecule has 3 N–H and O–H groups in total. The first-order chi connectivity index (χ1) is 30.5. The van der Waals surface area contributed by atoms with E-state index in [1.54, 1.807) is 0 Å². The van der Waals surface area contributed by atoms with Gasteiger partial charge in [0.05, 0.1) is 25.2 Å². The smallest absolute Gasteiger partial charge is 0.306 e. The van der Waals surface area contributed by atoms with Gasteiger partial charge in [-0.1, -0.05) is 264 Å². The lowest BCUT2D eigenvalue weighted by atomic mass is 10.0. The second kappa shape index (κ2) is 50.6. The molecule has 6 heteroatoms. The van der Waals surface area contributed by atoms with E-state index in [-0.39, 0.29) is 24.9 Å². The number of carbonyl (C=O) groups excluding carboxylic acids is 2. The molecule has 368 valence electrons. The van der Waals surface area contributed by atoms with Gasteiger partial charge in [0.2, 0.25) is 5.91 Å². The molecule has 0 aromatic carbocycles. The highest BCUT2D eigenvalue weighted by Gasteiger charge is 2.24. The lowest BCUT2D eigenvalue weighted by Gasteiger charge is -2.24. The maximum absolute atomic E-state index is 13.2. The highest BCUT2D eigenvalue weighted by atomic mass is 16.5. The first-order valence-corrected chi connectivity index (χ1v) is 27.9. The Bertz CT molecular complexity index is 939. The van der Waals surface area contributed by atoms with E-state index in [4.69, 9.17) is 4.74 Å². The Balaban J connectivity index is 4.49. The average molecular weight is 876 g/mol. The Labute approximate surface area is 387 Å².